The molecule has 10 heteroatoms. The van der Waals surface area contributed by atoms with Gasteiger partial charge in [-0.25, -0.2) is 12.8 Å². The van der Waals surface area contributed by atoms with Crippen LogP contribution in [0.1, 0.15) is 45.1 Å². The number of benzene rings is 2. The molecule has 1 atom stereocenters. The van der Waals surface area contributed by atoms with Crippen LogP contribution in [0.15, 0.2) is 48.5 Å². The zero-order valence-corrected chi connectivity index (χ0v) is 22.2. The number of nitrogens with one attached hydrogen (secondary N) is 1. The maximum Gasteiger partial charge on any atom is 0.242 e. The maximum absolute atomic E-state index is 13.4. The fourth-order valence-corrected chi connectivity index (χ4v) is 4.63. The minimum absolute atomic E-state index is 0.0315. The first kappa shape index (κ1) is 29.1. The SMILES string of the molecule is CCCCNC(=O)C(C)N(Cc1ccc(F)cc1)C(=O)CCCN(c1cccc(OC)c1)S(C)(=O)=O. The Morgan fingerprint density at radius 1 is 1.11 bits per heavy atom. The van der Waals surface area contributed by atoms with Crippen LogP contribution in [0.4, 0.5) is 10.1 Å². The summed E-state index contributed by atoms with van der Waals surface area (Å²) in [7, 11) is -2.11. The second-order valence-electron chi connectivity index (χ2n) is 8.61. The molecular formula is C26H36FN3O5S. The number of hydrogen-bond donors (Lipinski definition) is 1. The van der Waals surface area contributed by atoms with Crippen molar-refractivity contribution in [1.82, 2.24) is 10.2 Å². The van der Waals surface area contributed by atoms with Gasteiger partial charge >= 0.3 is 0 Å². The summed E-state index contributed by atoms with van der Waals surface area (Å²) in [6, 6.07) is 11.7. The number of amides is 2. The van der Waals surface area contributed by atoms with E-state index < -0.39 is 16.1 Å². The minimum atomic E-state index is -3.60. The highest BCUT2D eigenvalue weighted by atomic mass is 32.2. The Morgan fingerprint density at radius 3 is 2.42 bits per heavy atom. The highest BCUT2D eigenvalue weighted by molar-refractivity contribution is 7.92. The van der Waals surface area contributed by atoms with Crippen LogP contribution >= 0.6 is 0 Å². The summed E-state index contributed by atoms with van der Waals surface area (Å²) in [5, 5.41) is 2.85. The normalized spacial score (nSPS) is 12.0. The van der Waals surface area contributed by atoms with E-state index in [1.807, 2.05) is 6.92 Å². The molecule has 0 radical (unpaired) electrons. The molecule has 0 aliphatic heterocycles. The van der Waals surface area contributed by atoms with Crippen LogP contribution in [-0.2, 0) is 26.2 Å². The smallest absolute Gasteiger partial charge is 0.242 e. The predicted molar refractivity (Wildman–Crippen MR) is 139 cm³/mol. The predicted octanol–water partition coefficient (Wildman–Crippen LogP) is 3.71. The van der Waals surface area contributed by atoms with Crippen LogP contribution in [-0.4, -0.2) is 57.6 Å². The first-order chi connectivity index (χ1) is 17.1. The molecule has 0 fully saturated rings. The number of ether oxygens (including phenoxy) is 1. The molecule has 0 aliphatic rings. The number of unbranched alkanes of at least 4 members (excludes halogenated alkanes) is 1. The number of nitrogens with zero attached hydrogens (tertiary/aromatic N) is 2. The molecule has 2 rings (SSSR count). The van der Waals surface area contributed by atoms with Crippen molar-refractivity contribution in [3.05, 3.63) is 59.9 Å². The molecule has 2 aromatic rings. The number of halogens is 1. The monoisotopic (exact) mass is 521 g/mol. The molecule has 1 N–H and O–H groups in total. The third-order valence-electron chi connectivity index (χ3n) is 5.76. The Morgan fingerprint density at radius 2 is 1.81 bits per heavy atom. The molecule has 0 bridgehead atoms. The first-order valence-electron chi connectivity index (χ1n) is 12.0. The van der Waals surface area contributed by atoms with Crippen molar-refractivity contribution in [3.63, 3.8) is 0 Å². The van der Waals surface area contributed by atoms with Gasteiger partial charge in [0, 0.05) is 32.1 Å². The number of anilines is 1. The van der Waals surface area contributed by atoms with Gasteiger partial charge in [0.05, 0.1) is 19.1 Å². The zero-order chi connectivity index (χ0) is 26.7. The van der Waals surface area contributed by atoms with Crippen molar-refractivity contribution < 1.29 is 27.1 Å². The largest absolute Gasteiger partial charge is 0.497 e. The van der Waals surface area contributed by atoms with Crippen molar-refractivity contribution in [2.75, 3.05) is 30.8 Å². The molecule has 0 heterocycles. The van der Waals surface area contributed by atoms with Crippen LogP contribution < -0.4 is 14.4 Å². The Hall–Kier alpha value is -3.14. The van der Waals surface area contributed by atoms with Crippen LogP contribution in [0, 0.1) is 5.82 Å². The van der Waals surface area contributed by atoms with E-state index in [-0.39, 0.29) is 43.6 Å². The van der Waals surface area contributed by atoms with Crippen molar-refractivity contribution in [2.45, 2.75) is 52.1 Å². The summed E-state index contributed by atoms with van der Waals surface area (Å²) in [6.45, 7) is 4.40. The Bertz CT molecular complexity index is 1110. The van der Waals surface area contributed by atoms with Gasteiger partial charge in [-0.1, -0.05) is 31.5 Å². The summed E-state index contributed by atoms with van der Waals surface area (Å²) in [5.41, 5.74) is 1.13. The number of sulfonamides is 1. The molecule has 0 saturated carbocycles. The lowest BCUT2D eigenvalue weighted by atomic mass is 10.1. The van der Waals surface area contributed by atoms with E-state index in [1.54, 1.807) is 43.3 Å². The zero-order valence-electron chi connectivity index (χ0n) is 21.4. The van der Waals surface area contributed by atoms with Gasteiger partial charge in [0.25, 0.3) is 0 Å². The average Bonchev–Trinajstić information content (AvgIpc) is 2.85. The van der Waals surface area contributed by atoms with Gasteiger partial charge < -0.3 is 15.0 Å². The molecule has 0 aliphatic carbocycles. The molecular weight excluding hydrogens is 485 g/mol. The summed E-state index contributed by atoms with van der Waals surface area (Å²) in [6.07, 6.45) is 3.14. The lowest BCUT2D eigenvalue weighted by Crippen LogP contribution is -2.48. The Labute approximate surface area is 213 Å². The molecule has 2 aromatic carbocycles. The van der Waals surface area contributed by atoms with Crippen LogP contribution in [0.25, 0.3) is 0 Å². The lowest BCUT2D eigenvalue weighted by Gasteiger charge is -2.29. The fraction of sp³-hybridized carbons (Fsp3) is 0.462. The summed E-state index contributed by atoms with van der Waals surface area (Å²) in [4.78, 5) is 27.4. The molecule has 0 saturated heterocycles. The number of hydrogen-bond acceptors (Lipinski definition) is 5. The van der Waals surface area contributed by atoms with Crippen LogP contribution in [0.2, 0.25) is 0 Å². The lowest BCUT2D eigenvalue weighted by molar-refractivity contribution is -0.140. The quantitative estimate of drug-likeness (QED) is 0.383. The van der Waals surface area contributed by atoms with Gasteiger partial charge in [0.1, 0.15) is 17.6 Å². The van der Waals surface area contributed by atoms with Crippen LogP contribution in [0.3, 0.4) is 0 Å². The Balaban J connectivity index is 2.15. The maximum atomic E-state index is 13.4. The van der Waals surface area contributed by atoms with E-state index in [2.05, 4.69) is 5.32 Å². The second-order valence-corrected chi connectivity index (χ2v) is 10.5. The van der Waals surface area contributed by atoms with E-state index in [9.17, 15) is 22.4 Å². The topological polar surface area (TPSA) is 96.0 Å². The van der Waals surface area contributed by atoms with Crippen molar-refractivity contribution >= 4 is 27.5 Å². The molecule has 0 spiro atoms. The number of carbonyl (C=O) groups is 2. The van der Waals surface area contributed by atoms with Gasteiger partial charge in [-0.2, -0.15) is 0 Å². The molecule has 0 aromatic heterocycles. The Kier molecular flexibility index (Phi) is 11.2. The number of methoxy groups -OCH3 is 1. The van der Waals surface area contributed by atoms with Crippen molar-refractivity contribution in [1.29, 1.82) is 0 Å². The fourth-order valence-electron chi connectivity index (χ4n) is 3.67. The van der Waals surface area contributed by atoms with E-state index in [1.165, 1.54) is 28.4 Å². The van der Waals surface area contributed by atoms with Gasteiger partial charge in [0.2, 0.25) is 21.8 Å². The third kappa shape index (κ3) is 8.82. The first-order valence-corrected chi connectivity index (χ1v) is 13.8. The van der Waals surface area contributed by atoms with Crippen molar-refractivity contribution in [3.8, 4) is 5.75 Å². The summed E-state index contributed by atoms with van der Waals surface area (Å²) < 4.78 is 44.7. The molecule has 1 unspecified atom stereocenters. The third-order valence-corrected chi connectivity index (χ3v) is 6.95. The molecule has 198 valence electrons. The van der Waals surface area contributed by atoms with E-state index in [4.69, 9.17) is 4.74 Å². The van der Waals surface area contributed by atoms with E-state index in [0.717, 1.165) is 19.1 Å². The minimum Gasteiger partial charge on any atom is -0.497 e. The van der Waals surface area contributed by atoms with Crippen molar-refractivity contribution in [2.24, 2.45) is 0 Å². The van der Waals surface area contributed by atoms with Gasteiger partial charge in [-0.3, -0.25) is 13.9 Å². The summed E-state index contributed by atoms with van der Waals surface area (Å²) in [5.74, 6) is -0.435. The van der Waals surface area contributed by atoms with E-state index >= 15 is 0 Å². The van der Waals surface area contributed by atoms with Gasteiger partial charge in [-0.05, 0) is 49.6 Å². The summed E-state index contributed by atoms with van der Waals surface area (Å²) >= 11 is 0. The second kappa shape index (κ2) is 13.8. The molecule has 2 amide bonds. The highest BCUT2D eigenvalue weighted by Crippen LogP contribution is 2.24. The average molecular weight is 522 g/mol. The number of carbonyl (C=O) groups excluding carboxylic acids is 2. The molecule has 36 heavy (non-hydrogen) atoms. The van der Waals surface area contributed by atoms with Crippen LogP contribution in [0.5, 0.6) is 5.75 Å². The molecule has 8 nitrogen and oxygen atoms in total. The van der Waals surface area contributed by atoms with Gasteiger partial charge in [-0.15, -0.1) is 0 Å². The van der Waals surface area contributed by atoms with E-state index in [0.29, 0.717) is 23.5 Å². The van der Waals surface area contributed by atoms with Gasteiger partial charge in [0.15, 0.2) is 0 Å². The number of rotatable bonds is 14. The highest BCUT2D eigenvalue weighted by Gasteiger charge is 2.26. The standard InChI is InChI=1S/C26H36FN3O5S/c1-5-6-16-28-26(32)20(2)29(19-21-12-14-22(27)15-13-21)25(31)11-8-17-30(36(4,33)34)23-9-7-10-24(18-23)35-3/h7,9-10,12-15,18,20H,5-6,8,11,16-17,19H2,1-4H3,(H,28,32).